The van der Waals surface area contributed by atoms with E-state index in [0.717, 1.165) is 15.8 Å². The van der Waals surface area contributed by atoms with Gasteiger partial charge in [0.05, 0.1) is 10.2 Å². The highest BCUT2D eigenvalue weighted by Crippen LogP contribution is 2.25. The quantitative estimate of drug-likeness (QED) is 0.716. The van der Waals surface area contributed by atoms with E-state index in [0.29, 0.717) is 10.7 Å². The van der Waals surface area contributed by atoms with Crippen LogP contribution in [0.3, 0.4) is 0 Å². The van der Waals surface area contributed by atoms with Gasteiger partial charge in [-0.3, -0.25) is 9.59 Å². The Hall–Kier alpha value is -2.73. The number of nitrogens with one attached hydrogen (secondary N) is 2. The van der Waals surface area contributed by atoms with Gasteiger partial charge in [-0.05, 0) is 37.1 Å². The molecule has 0 unspecified atom stereocenters. The number of amides is 2. The number of rotatable bonds is 5. The first kappa shape index (κ1) is 18.1. The highest BCUT2D eigenvalue weighted by molar-refractivity contribution is 7.22. The number of para-hydroxylation sites is 1. The minimum Gasteiger partial charge on any atom is -0.340 e. The lowest BCUT2D eigenvalue weighted by atomic mass is 10.0. The van der Waals surface area contributed by atoms with Crippen LogP contribution in [0.5, 0.6) is 0 Å². The van der Waals surface area contributed by atoms with E-state index in [1.54, 1.807) is 12.1 Å². The van der Waals surface area contributed by atoms with E-state index in [1.807, 2.05) is 57.2 Å². The van der Waals surface area contributed by atoms with Crippen molar-refractivity contribution in [3.8, 4) is 0 Å². The van der Waals surface area contributed by atoms with E-state index in [2.05, 4.69) is 15.6 Å². The molecule has 6 heteroatoms. The summed E-state index contributed by atoms with van der Waals surface area (Å²) in [5.74, 6) is -0.582. The van der Waals surface area contributed by atoms with E-state index in [4.69, 9.17) is 0 Å². The lowest BCUT2D eigenvalue weighted by Crippen LogP contribution is -2.47. The summed E-state index contributed by atoms with van der Waals surface area (Å²) in [7, 11) is 0. The average molecular weight is 367 g/mol. The minimum atomic E-state index is -0.643. The highest BCUT2D eigenvalue weighted by Gasteiger charge is 2.25. The van der Waals surface area contributed by atoms with Gasteiger partial charge in [0.2, 0.25) is 5.91 Å². The highest BCUT2D eigenvalue weighted by atomic mass is 32.1. The van der Waals surface area contributed by atoms with Gasteiger partial charge in [0, 0.05) is 5.56 Å². The number of benzene rings is 2. The van der Waals surface area contributed by atoms with Gasteiger partial charge in [0.25, 0.3) is 5.91 Å². The van der Waals surface area contributed by atoms with E-state index >= 15 is 0 Å². The third-order valence-corrected chi connectivity index (χ3v) is 5.03. The van der Waals surface area contributed by atoms with E-state index in [-0.39, 0.29) is 17.7 Å². The molecule has 2 aromatic carbocycles. The van der Waals surface area contributed by atoms with Gasteiger partial charge in [-0.15, -0.1) is 0 Å². The number of nitrogens with zero attached hydrogens (tertiary/aromatic N) is 1. The van der Waals surface area contributed by atoms with Crippen LogP contribution in [-0.4, -0.2) is 22.8 Å². The minimum absolute atomic E-state index is 0.0567. The summed E-state index contributed by atoms with van der Waals surface area (Å²) in [6, 6.07) is 14.3. The molecule has 1 atom stereocenters. The van der Waals surface area contributed by atoms with Crippen LogP contribution in [0, 0.1) is 12.8 Å². The van der Waals surface area contributed by atoms with Gasteiger partial charge in [-0.25, -0.2) is 4.98 Å². The SMILES string of the molecule is Cc1ccc(C(=O)N[C@H](C(=O)Nc2nc3ccccc3s2)C(C)C)cc1. The molecule has 0 bridgehead atoms. The molecule has 0 spiro atoms. The van der Waals surface area contributed by atoms with Crippen LogP contribution in [0.4, 0.5) is 5.13 Å². The van der Waals surface area contributed by atoms with Gasteiger partial charge in [-0.2, -0.15) is 0 Å². The Morgan fingerprint density at radius 3 is 2.38 bits per heavy atom. The molecule has 0 saturated carbocycles. The molecule has 3 aromatic rings. The summed E-state index contributed by atoms with van der Waals surface area (Å²) in [5, 5.41) is 6.20. The Labute approximate surface area is 156 Å². The number of anilines is 1. The first-order valence-electron chi connectivity index (χ1n) is 8.48. The Bertz CT molecular complexity index is 899. The fourth-order valence-corrected chi connectivity index (χ4v) is 3.44. The van der Waals surface area contributed by atoms with E-state index in [9.17, 15) is 9.59 Å². The number of aryl methyl sites for hydroxylation is 1. The fourth-order valence-electron chi connectivity index (χ4n) is 2.57. The van der Waals surface area contributed by atoms with Crippen LogP contribution >= 0.6 is 11.3 Å². The maximum Gasteiger partial charge on any atom is 0.251 e. The fraction of sp³-hybridized carbons (Fsp3) is 0.250. The third kappa shape index (κ3) is 4.08. The monoisotopic (exact) mass is 367 g/mol. The van der Waals surface area contributed by atoms with Gasteiger partial charge in [0.15, 0.2) is 5.13 Å². The molecule has 2 N–H and O–H groups in total. The lowest BCUT2D eigenvalue weighted by Gasteiger charge is -2.21. The van der Waals surface area contributed by atoms with Crippen molar-refractivity contribution in [3.63, 3.8) is 0 Å². The second-order valence-electron chi connectivity index (χ2n) is 6.54. The zero-order valence-corrected chi connectivity index (χ0v) is 15.8. The number of carbonyl (C=O) groups excluding carboxylic acids is 2. The summed E-state index contributed by atoms with van der Waals surface area (Å²) in [4.78, 5) is 29.6. The van der Waals surface area contributed by atoms with Crippen LogP contribution in [0.15, 0.2) is 48.5 Å². The molecule has 0 radical (unpaired) electrons. The second-order valence-corrected chi connectivity index (χ2v) is 7.57. The Balaban J connectivity index is 1.73. The van der Waals surface area contributed by atoms with Crippen LogP contribution in [0.25, 0.3) is 10.2 Å². The largest absolute Gasteiger partial charge is 0.340 e. The van der Waals surface area contributed by atoms with Crippen molar-refractivity contribution in [2.45, 2.75) is 26.8 Å². The Morgan fingerprint density at radius 1 is 1.04 bits per heavy atom. The molecular formula is C20H21N3O2S. The van der Waals surface area contributed by atoms with Crippen LogP contribution in [-0.2, 0) is 4.79 Å². The topological polar surface area (TPSA) is 71.1 Å². The molecular weight excluding hydrogens is 346 g/mol. The normalized spacial score (nSPS) is 12.2. The molecule has 0 aliphatic carbocycles. The zero-order valence-electron chi connectivity index (χ0n) is 14.9. The van der Waals surface area contributed by atoms with Crippen molar-refractivity contribution in [2.75, 3.05) is 5.32 Å². The molecule has 1 aromatic heterocycles. The predicted molar refractivity (Wildman–Crippen MR) is 106 cm³/mol. The molecule has 0 saturated heterocycles. The van der Waals surface area contributed by atoms with Crippen molar-refractivity contribution in [2.24, 2.45) is 5.92 Å². The Morgan fingerprint density at radius 2 is 1.73 bits per heavy atom. The molecule has 2 amide bonds. The summed E-state index contributed by atoms with van der Waals surface area (Å²) >= 11 is 1.42. The molecule has 0 aliphatic heterocycles. The summed E-state index contributed by atoms with van der Waals surface area (Å²) in [6.45, 7) is 5.76. The third-order valence-electron chi connectivity index (χ3n) is 4.07. The van der Waals surface area contributed by atoms with Gasteiger partial charge >= 0.3 is 0 Å². The molecule has 134 valence electrons. The maximum atomic E-state index is 12.7. The number of aromatic nitrogens is 1. The maximum absolute atomic E-state index is 12.7. The lowest BCUT2D eigenvalue weighted by molar-refractivity contribution is -0.118. The van der Waals surface area contributed by atoms with Crippen molar-refractivity contribution in [3.05, 3.63) is 59.7 Å². The van der Waals surface area contributed by atoms with Crippen molar-refractivity contribution < 1.29 is 9.59 Å². The standard InChI is InChI=1S/C20H21N3O2S/c1-12(2)17(22-18(24)14-10-8-13(3)9-11-14)19(25)23-20-21-15-6-4-5-7-16(15)26-20/h4-12,17H,1-3H3,(H,22,24)(H,21,23,25)/t17-/m0/s1. The number of fused-ring (bicyclic) bond motifs is 1. The van der Waals surface area contributed by atoms with Gasteiger partial charge in [0.1, 0.15) is 6.04 Å². The molecule has 3 rings (SSSR count). The molecule has 0 aliphatic rings. The van der Waals surface area contributed by atoms with Crippen molar-refractivity contribution in [1.82, 2.24) is 10.3 Å². The van der Waals surface area contributed by atoms with Crippen molar-refractivity contribution in [1.29, 1.82) is 0 Å². The first-order chi connectivity index (χ1) is 12.4. The number of hydrogen-bond acceptors (Lipinski definition) is 4. The van der Waals surface area contributed by atoms with E-state index < -0.39 is 6.04 Å². The summed E-state index contributed by atoms with van der Waals surface area (Å²) in [5.41, 5.74) is 2.46. The zero-order chi connectivity index (χ0) is 18.7. The summed E-state index contributed by atoms with van der Waals surface area (Å²) in [6.07, 6.45) is 0. The van der Waals surface area contributed by atoms with Crippen molar-refractivity contribution >= 4 is 38.5 Å². The number of hydrogen-bond donors (Lipinski definition) is 2. The number of carbonyl (C=O) groups is 2. The summed E-state index contributed by atoms with van der Waals surface area (Å²) < 4.78 is 1.01. The average Bonchev–Trinajstić information content (AvgIpc) is 3.01. The molecule has 26 heavy (non-hydrogen) atoms. The van der Waals surface area contributed by atoms with Gasteiger partial charge in [-0.1, -0.05) is 55.0 Å². The first-order valence-corrected chi connectivity index (χ1v) is 9.29. The van der Waals surface area contributed by atoms with Crippen LogP contribution < -0.4 is 10.6 Å². The molecule has 1 heterocycles. The Kier molecular flexibility index (Phi) is 5.32. The number of thiazole rings is 1. The van der Waals surface area contributed by atoms with Crippen LogP contribution in [0.1, 0.15) is 29.8 Å². The van der Waals surface area contributed by atoms with E-state index in [1.165, 1.54) is 11.3 Å². The molecule has 0 fully saturated rings. The van der Waals surface area contributed by atoms with Gasteiger partial charge < -0.3 is 10.6 Å². The van der Waals surface area contributed by atoms with Crippen LogP contribution in [0.2, 0.25) is 0 Å². The predicted octanol–water partition coefficient (Wildman–Crippen LogP) is 4.00. The smallest absolute Gasteiger partial charge is 0.251 e. The second kappa shape index (κ2) is 7.66. The molecule has 5 nitrogen and oxygen atoms in total.